The van der Waals surface area contributed by atoms with E-state index in [4.69, 9.17) is 11.6 Å². The minimum absolute atomic E-state index is 0.224. The maximum Gasteiger partial charge on any atom is 0.294 e. The molecule has 3 amide bonds. The molecule has 9 heteroatoms. The van der Waals surface area contributed by atoms with Crippen molar-refractivity contribution in [3.05, 3.63) is 39.8 Å². The van der Waals surface area contributed by atoms with Crippen LogP contribution in [0.3, 0.4) is 0 Å². The molecular formula is C16H15ClN2O4S2. The number of hydrogen-bond donors (Lipinski definition) is 2. The standard InChI is InChI=1S/C16H15ClN2O4S2/c17-10-4-2-1-3-9(10)5-13-15(22)19(16(23)25-13)6-14(21)18-11-7-24-8-12(11)20/h1-5,11-12,20H,6-8H2,(H,18,21). The van der Waals surface area contributed by atoms with Crippen molar-refractivity contribution in [1.29, 1.82) is 0 Å². The van der Waals surface area contributed by atoms with Crippen molar-refractivity contribution in [2.45, 2.75) is 12.1 Å². The van der Waals surface area contributed by atoms with Crippen LogP contribution in [0.2, 0.25) is 5.02 Å². The molecule has 0 spiro atoms. The van der Waals surface area contributed by atoms with E-state index in [0.717, 1.165) is 16.7 Å². The van der Waals surface area contributed by atoms with Gasteiger partial charge in [0.1, 0.15) is 6.54 Å². The summed E-state index contributed by atoms with van der Waals surface area (Å²) in [5.74, 6) is 0.188. The fourth-order valence-corrected chi connectivity index (χ4v) is 4.64. The zero-order chi connectivity index (χ0) is 18.0. The van der Waals surface area contributed by atoms with Crippen molar-refractivity contribution in [3.8, 4) is 0 Å². The van der Waals surface area contributed by atoms with Crippen molar-refractivity contribution in [2.75, 3.05) is 18.1 Å². The van der Waals surface area contributed by atoms with Gasteiger partial charge in [-0.3, -0.25) is 19.3 Å². The van der Waals surface area contributed by atoms with Gasteiger partial charge < -0.3 is 10.4 Å². The number of carbonyl (C=O) groups is 3. The maximum absolute atomic E-state index is 12.4. The number of rotatable bonds is 4. The van der Waals surface area contributed by atoms with Gasteiger partial charge in [-0.2, -0.15) is 11.8 Å². The number of imide groups is 1. The molecule has 2 fully saturated rings. The van der Waals surface area contributed by atoms with Crippen LogP contribution in [0.25, 0.3) is 6.08 Å². The maximum atomic E-state index is 12.4. The minimum Gasteiger partial charge on any atom is -0.390 e. The highest BCUT2D eigenvalue weighted by atomic mass is 35.5. The van der Waals surface area contributed by atoms with E-state index in [1.165, 1.54) is 0 Å². The largest absolute Gasteiger partial charge is 0.390 e. The second-order valence-electron chi connectivity index (χ2n) is 5.57. The van der Waals surface area contributed by atoms with Crippen LogP contribution in [0, 0.1) is 0 Å². The Kier molecular flexibility index (Phi) is 5.73. The second-order valence-corrected chi connectivity index (χ2v) is 8.04. The molecule has 25 heavy (non-hydrogen) atoms. The van der Waals surface area contributed by atoms with Gasteiger partial charge in [0.05, 0.1) is 17.1 Å². The van der Waals surface area contributed by atoms with Gasteiger partial charge in [-0.15, -0.1) is 0 Å². The molecule has 0 aliphatic carbocycles. The summed E-state index contributed by atoms with van der Waals surface area (Å²) in [6.07, 6.45) is 0.937. The summed E-state index contributed by atoms with van der Waals surface area (Å²) in [6, 6.07) is 6.63. The molecule has 0 saturated carbocycles. The number of aliphatic hydroxyl groups excluding tert-OH is 1. The van der Waals surface area contributed by atoms with Crippen molar-refractivity contribution in [2.24, 2.45) is 0 Å². The van der Waals surface area contributed by atoms with Gasteiger partial charge in [-0.25, -0.2) is 0 Å². The Bertz CT molecular complexity index is 755. The van der Waals surface area contributed by atoms with Crippen molar-refractivity contribution in [3.63, 3.8) is 0 Å². The molecule has 0 radical (unpaired) electrons. The van der Waals surface area contributed by atoms with Gasteiger partial charge in [-0.05, 0) is 29.5 Å². The summed E-state index contributed by atoms with van der Waals surface area (Å²) in [4.78, 5) is 37.7. The Morgan fingerprint density at radius 1 is 1.36 bits per heavy atom. The molecule has 2 heterocycles. The SMILES string of the molecule is O=C(CN1C(=O)SC(=Cc2ccccc2Cl)C1=O)NC1CSCC1O. The highest BCUT2D eigenvalue weighted by molar-refractivity contribution is 8.18. The van der Waals surface area contributed by atoms with Gasteiger partial charge >= 0.3 is 0 Å². The van der Waals surface area contributed by atoms with Crippen LogP contribution in [-0.2, 0) is 9.59 Å². The minimum atomic E-state index is -0.607. The first kappa shape index (κ1) is 18.3. The van der Waals surface area contributed by atoms with E-state index in [-0.39, 0.29) is 17.5 Å². The number of aliphatic hydroxyl groups is 1. The third-order valence-corrected chi connectivity index (χ3v) is 6.19. The number of amides is 3. The van der Waals surface area contributed by atoms with Crippen LogP contribution in [0.1, 0.15) is 5.56 Å². The normalized spacial score (nSPS) is 25.0. The lowest BCUT2D eigenvalue weighted by molar-refractivity contribution is -0.129. The predicted molar refractivity (Wildman–Crippen MR) is 99.4 cm³/mol. The van der Waals surface area contributed by atoms with Crippen LogP contribution < -0.4 is 5.32 Å². The van der Waals surface area contributed by atoms with Gasteiger partial charge in [0.15, 0.2) is 0 Å². The Labute approximate surface area is 158 Å². The molecule has 2 aliphatic heterocycles. The van der Waals surface area contributed by atoms with E-state index in [2.05, 4.69) is 5.32 Å². The molecule has 2 N–H and O–H groups in total. The number of benzene rings is 1. The molecular weight excluding hydrogens is 384 g/mol. The predicted octanol–water partition coefficient (Wildman–Crippen LogP) is 1.97. The molecule has 132 valence electrons. The highest BCUT2D eigenvalue weighted by Crippen LogP contribution is 2.33. The van der Waals surface area contributed by atoms with Gasteiger partial charge in [0, 0.05) is 16.5 Å². The number of hydrogen-bond acceptors (Lipinski definition) is 6. The summed E-state index contributed by atoms with van der Waals surface area (Å²) < 4.78 is 0. The molecule has 2 saturated heterocycles. The average molecular weight is 399 g/mol. The Morgan fingerprint density at radius 3 is 2.80 bits per heavy atom. The lowest BCUT2D eigenvalue weighted by Gasteiger charge is -2.18. The molecule has 2 aliphatic rings. The smallest absolute Gasteiger partial charge is 0.294 e. The molecule has 0 bridgehead atoms. The Morgan fingerprint density at radius 2 is 2.12 bits per heavy atom. The van der Waals surface area contributed by atoms with E-state index >= 15 is 0 Å². The number of halogens is 1. The molecule has 2 atom stereocenters. The molecule has 0 aromatic heterocycles. The van der Waals surface area contributed by atoms with Gasteiger partial charge in [-0.1, -0.05) is 29.8 Å². The molecule has 1 aromatic carbocycles. The third-order valence-electron chi connectivity index (χ3n) is 3.76. The zero-order valence-electron chi connectivity index (χ0n) is 13.0. The van der Waals surface area contributed by atoms with E-state index in [9.17, 15) is 19.5 Å². The second kappa shape index (κ2) is 7.82. The van der Waals surface area contributed by atoms with Gasteiger partial charge in [0.2, 0.25) is 5.91 Å². The highest BCUT2D eigenvalue weighted by Gasteiger charge is 2.37. The average Bonchev–Trinajstić information content (AvgIpc) is 3.08. The van der Waals surface area contributed by atoms with E-state index in [1.807, 2.05) is 0 Å². The van der Waals surface area contributed by atoms with Crippen LogP contribution >= 0.6 is 35.1 Å². The van der Waals surface area contributed by atoms with Crippen molar-refractivity contribution < 1.29 is 19.5 Å². The zero-order valence-corrected chi connectivity index (χ0v) is 15.4. The summed E-state index contributed by atoms with van der Waals surface area (Å²) in [7, 11) is 0. The first-order valence-corrected chi connectivity index (χ1v) is 9.85. The van der Waals surface area contributed by atoms with Crippen LogP contribution in [0.5, 0.6) is 0 Å². The van der Waals surface area contributed by atoms with E-state index in [0.29, 0.717) is 22.1 Å². The topological polar surface area (TPSA) is 86.7 Å². The van der Waals surface area contributed by atoms with Crippen molar-refractivity contribution in [1.82, 2.24) is 10.2 Å². The first-order valence-electron chi connectivity index (χ1n) is 7.51. The van der Waals surface area contributed by atoms with Crippen LogP contribution in [0.15, 0.2) is 29.2 Å². The van der Waals surface area contributed by atoms with Gasteiger partial charge in [0.25, 0.3) is 11.1 Å². The summed E-state index contributed by atoms with van der Waals surface area (Å²) >= 11 is 8.38. The fourth-order valence-electron chi connectivity index (χ4n) is 2.45. The molecule has 2 unspecified atom stereocenters. The number of nitrogens with zero attached hydrogens (tertiary/aromatic N) is 1. The lowest BCUT2D eigenvalue weighted by Crippen LogP contribution is -2.47. The molecule has 3 rings (SSSR count). The third kappa shape index (κ3) is 4.20. The summed E-state index contributed by atoms with van der Waals surface area (Å²) in [5, 5.41) is 12.4. The van der Waals surface area contributed by atoms with Crippen LogP contribution in [-0.4, -0.2) is 57.3 Å². The number of nitrogens with one attached hydrogen (secondary N) is 1. The first-order chi connectivity index (χ1) is 12.0. The Hall–Kier alpha value is -1.48. The monoisotopic (exact) mass is 398 g/mol. The quantitative estimate of drug-likeness (QED) is 0.754. The molecule has 1 aromatic rings. The Balaban J connectivity index is 1.67. The fraction of sp³-hybridized carbons (Fsp3) is 0.312. The van der Waals surface area contributed by atoms with Crippen molar-refractivity contribution >= 4 is 58.3 Å². The summed E-state index contributed by atoms with van der Waals surface area (Å²) in [5.41, 5.74) is 0.630. The molecule has 6 nitrogen and oxygen atoms in total. The lowest BCUT2D eigenvalue weighted by atomic mass is 10.2. The number of thioether (sulfide) groups is 2. The number of carbonyl (C=O) groups excluding carboxylic acids is 3. The summed E-state index contributed by atoms with van der Waals surface area (Å²) in [6.45, 7) is -0.363. The van der Waals surface area contributed by atoms with E-state index in [1.54, 1.807) is 42.1 Å². The van der Waals surface area contributed by atoms with Crippen LogP contribution in [0.4, 0.5) is 4.79 Å². The van der Waals surface area contributed by atoms with E-state index < -0.39 is 23.2 Å².